The number of ether oxygens (including phenoxy) is 2. The molecule has 1 aliphatic carbocycles. The second kappa shape index (κ2) is 30.6. The molecule has 0 spiro atoms. The van der Waals surface area contributed by atoms with Crippen LogP contribution in [0.4, 0.5) is 4.79 Å². The molecule has 10 heteroatoms. The van der Waals surface area contributed by atoms with Gasteiger partial charge in [-0.15, -0.1) is 0 Å². The predicted molar refractivity (Wildman–Crippen MR) is 258 cm³/mol. The van der Waals surface area contributed by atoms with Crippen molar-refractivity contribution in [3.63, 3.8) is 0 Å². The van der Waals surface area contributed by atoms with Gasteiger partial charge in [0, 0.05) is 11.7 Å². The summed E-state index contributed by atoms with van der Waals surface area (Å²) in [5.41, 5.74) is 3.58. The summed E-state index contributed by atoms with van der Waals surface area (Å²) in [6.45, 7) is 9.84. The molecule has 1 aliphatic rings. The Morgan fingerprint density at radius 2 is 1.10 bits per heavy atom. The number of carbonyl (C=O) groups excluding carboxylic acids is 2. The molecule has 0 saturated carbocycles. The van der Waals surface area contributed by atoms with Crippen LogP contribution in [0.1, 0.15) is 199 Å². The van der Waals surface area contributed by atoms with E-state index in [1.807, 2.05) is 36.4 Å². The van der Waals surface area contributed by atoms with Crippen LogP contribution < -0.4 is 5.32 Å². The SMILES string of the molecule is CCCCCCCCCCCCC(CC(CSC[C@H](NC(=O)OCC1c2ccccc2-c2ccccc21)C(=O)OC(C)(C)C)[C@@H](CCCCCCCCCCCC)C(=O)O)C(=O)O. The summed E-state index contributed by atoms with van der Waals surface area (Å²) in [4.78, 5) is 52.7. The van der Waals surface area contributed by atoms with Gasteiger partial charge in [-0.05, 0) is 74.0 Å². The molecule has 0 saturated heterocycles. The number of nitrogens with one attached hydrogen (secondary N) is 1. The Kier molecular flexibility index (Phi) is 26.1. The number of unbranched alkanes of at least 4 members (excludes halogenated alkanes) is 18. The number of amides is 1. The van der Waals surface area contributed by atoms with E-state index in [1.165, 1.54) is 88.8 Å². The first-order valence-electron chi connectivity index (χ1n) is 24.7. The maximum atomic E-state index is 13.6. The number of benzene rings is 2. The number of hydrogen-bond acceptors (Lipinski definition) is 7. The Morgan fingerprint density at radius 3 is 1.56 bits per heavy atom. The van der Waals surface area contributed by atoms with Gasteiger partial charge in [-0.2, -0.15) is 11.8 Å². The van der Waals surface area contributed by atoms with E-state index in [0.29, 0.717) is 18.6 Å². The number of thioether (sulfide) groups is 1. The highest BCUT2D eigenvalue weighted by Crippen LogP contribution is 2.44. The summed E-state index contributed by atoms with van der Waals surface area (Å²) in [6.07, 6.45) is 23.6. The molecule has 2 aromatic carbocycles. The standard InChI is InChI=1S/C53H83NO8S/c1-6-8-10-12-14-16-18-20-22-24-30-40(49(55)56)36-41(42(50(57)58)31-25-23-21-19-17-15-13-11-9-7-2)38-63-39-48(51(59)62-53(3,4)5)54-52(60)61-37-47-45-34-28-26-32-43(45)44-33-27-29-35-46(44)47/h26-29,32-35,40-42,47-48H,6-25,30-31,36-39H2,1-5H3,(H,54,60)(H,55,56)(H,57,58)/t40?,41?,42-,48+/m1/s1. The topological polar surface area (TPSA) is 139 Å². The first-order valence-corrected chi connectivity index (χ1v) is 25.9. The molecule has 0 aromatic heterocycles. The highest BCUT2D eigenvalue weighted by molar-refractivity contribution is 7.99. The number of hydrogen-bond donors (Lipinski definition) is 3. The van der Waals surface area contributed by atoms with Crippen molar-refractivity contribution in [3.8, 4) is 11.1 Å². The molecule has 0 heterocycles. The predicted octanol–water partition coefficient (Wildman–Crippen LogP) is 14.0. The number of fused-ring (bicyclic) bond motifs is 3. The molecule has 1 amide bonds. The van der Waals surface area contributed by atoms with Crippen molar-refractivity contribution in [1.29, 1.82) is 0 Å². The highest BCUT2D eigenvalue weighted by atomic mass is 32.2. The Bertz CT molecular complexity index is 1580. The highest BCUT2D eigenvalue weighted by Gasteiger charge is 2.34. The second-order valence-corrected chi connectivity index (χ2v) is 20.1. The van der Waals surface area contributed by atoms with Gasteiger partial charge in [0.2, 0.25) is 0 Å². The lowest BCUT2D eigenvalue weighted by Gasteiger charge is -2.28. The van der Waals surface area contributed by atoms with E-state index in [0.717, 1.165) is 73.6 Å². The van der Waals surface area contributed by atoms with E-state index in [9.17, 15) is 29.4 Å². The normalized spacial score (nSPS) is 14.3. The molecule has 0 radical (unpaired) electrons. The fraction of sp³-hybridized carbons (Fsp3) is 0.698. The summed E-state index contributed by atoms with van der Waals surface area (Å²) in [6, 6.07) is 15.1. The molecule has 2 aromatic rings. The van der Waals surface area contributed by atoms with Gasteiger partial charge in [-0.3, -0.25) is 9.59 Å². The number of aliphatic carboxylic acids is 2. The van der Waals surface area contributed by atoms with Crippen LogP contribution in [0.2, 0.25) is 0 Å². The molecule has 63 heavy (non-hydrogen) atoms. The van der Waals surface area contributed by atoms with Gasteiger partial charge in [-0.25, -0.2) is 9.59 Å². The zero-order chi connectivity index (χ0) is 45.9. The lowest BCUT2D eigenvalue weighted by molar-refractivity contribution is -0.156. The monoisotopic (exact) mass is 894 g/mol. The maximum absolute atomic E-state index is 13.6. The van der Waals surface area contributed by atoms with Crippen LogP contribution >= 0.6 is 11.8 Å². The second-order valence-electron chi connectivity index (χ2n) is 19.0. The molecule has 0 bridgehead atoms. The molecular formula is C53H83NO8S. The van der Waals surface area contributed by atoms with Gasteiger partial charge in [-0.1, -0.05) is 191 Å². The van der Waals surface area contributed by atoms with Crippen LogP contribution in [0, 0.1) is 17.8 Å². The molecule has 3 rings (SSSR count). The molecule has 9 nitrogen and oxygen atoms in total. The largest absolute Gasteiger partial charge is 0.481 e. The van der Waals surface area contributed by atoms with Crippen LogP contribution in [0.15, 0.2) is 48.5 Å². The van der Waals surface area contributed by atoms with Gasteiger partial charge in [0.05, 0.1) is 11.8 Å². The van der Waals surface area contributed by atoms with E-state index in [-0.39, 0.29) is 24.7 Å². The molecule has 0 aliphatic heterocycles. The smallest absolute Gasteiger partial charge is 0.407 e. The fourth-order valence-corrected chi connectivity index (χ4v) is 10.3. The van der Waals surface area contributed by atoms with E-state index >= 15 is 0 Å². The van der Waals surface area contributed by atoms with E-state index in [4.69, 9.17) is 9.47 Å². The molecule has 3 N–H and O–H groups in total. The molecule has 354 valence electrons. The van der Waals surface area contributed by atoms with Crippen LogP contribution in [-0.2, 0) is 23.9 Å². The Labute approximate surface area is 385 Å². The van der Waals surface area contributed by atoms with Crippen molar-refractivity contribution in [2.24, 2.45) is 17.8 Å². The van der Waals surface area contributed by atoms with E-state index < -0.39 is 53.4 Å². The molecular weight excluding hydrogens is 811 g/mol. The minimum Gasteiger partial charge on any atom is -0.481 e. The van der Waals surface area contributed by atoms with Crippen molar-refractivity contribution in [2.75, 3.05) is 18.1 Å². The van der Waals surface area contributed by atoms with E-state index in [2.05, 4.69) is 31.3 Å². The summed E-state index contributed by atoms with van der Waals surface area (Å²) in [5.74, 6) is -3.88. The van der Waals surface area contributed by atoms with Gasteiger partial charge in [0.15, 0.2) is 0 Å². The van der Waals surface area contributed by atoms with E-state index in [1.54, 1.807) is 20.8 Å². The first-order chi connectivity index (χ1) is 30.4. The van der Waals surface area contributed by atoms with Crippen LogP contribution in [0.3, 0.4) is 0 Å². The number of carbonyl (C=O) groups is 4. The quantitative estimate of drug-likeness (QED) is 0.0456. The third kappa shape index (κ3) is 20.9. The summed E-state index contributed by atoms with van der Waals surface area (Å²) in [7, 11) is 0. The van der Waals surface area contributed by atoms with Crippen molar-refractivity contribution >= 4 is 35.8 Å². The number of alkyl carbamates (subject to hydrolysis) is 1. The maximum Gasteiger partial charge on any atom is 0.407 e. The number of rotatable bonds is 35. The minimum absolute atomic E-state index is 0.0883. The minimum atomic E-state index is -1.06. The number of esters is 1. The van der Waals surface area contributed by atoms with Crippen molar-refractivity contribution in [2.45, 2.75) is 200 Å². The Hall–Kier alpha value is -3.53. The fourth-order valence-electron chi connectivity index (χ4n) is 9.01. The summed E-state index contributed by atoms with van der Waals surface area (Å²) >= 11 is 1.37. The zero-order valence-corrected chi connectivity index (χ0v) is 40.5. The lowest BCUT2D eigenvalue weighted by atomic mass is 9.81. The average molecular weight is 894 g/mol. The third-order valence-corrected chi connectivity index (χ3v) is 13.8. The van der Waals surface area contributed by atoms with Crippen molar-refractivity contribution in [3.05, 3.63) is 59.7 Å². The molecule has 2 unspecified atom stereocenters. The Morgan fingerprint density at radius 1 is 0.635 bits per heavy atom. The third-order valence-electron chi connectivity index (χ3n) is 12.5. The molecule has 0 fully saturated rings. The van der Waals surface area contributed by atoms with Crippen molar-refractivity contribution < 1.29 is 38.9 Å². The van der Waals surface area contributed by atoms with Crippen LogP contribution in [0.25, 0.3) is 11.1 Å². The zero-order valence-electron chi connectivity index (χ0n) is 39.6. The first kappa shape index (κ1) is 53.8. The lowest BCUT2D eigenvalue weighted by Crippen LogP contribution is -2.46. The number of carboxylic acid groups (broad SMARTS) is 2. The van der Waals surface area contributed by atoms with Gasteiger partial charge in [0.1, 0.15) is 18.2 Å². The summed E-state index contributed by atoms with van der Waals surface area (Å²) < 4.78 is 11.5. The van der Waals surface area contributed by atoms with Crippen molar-refractivity contribution in [1.82, 2.24) is 5.32 Å². The molecule has 4 atom stereocenters. The van der Waals surface area contributed by atoms with Gasteiger partial charge >= 0.3 is 24.0 Å². The Balaban J connectivity index is 1.67. The van der Waals surface area contributed by atoms with Crippen LogP contribution in [0.5, 0.6) is 0 Å². The average Bonchev–Trinajstić information content (AvgIpc) is 3.56. The van der Waals surface area contributed by atoms with Gasteiger partial charge in [0.25, 0.3) is 0 Å². The summed E-state index contributed by atoms with van der Waals surface area (Å²) in [5, 5.41) is 23.8. The van der Waals surface area contributed by atoms with Crippen LogP contribution in [-0.4, -0.2) is 64.0 Å². The van der Waals surface area contributed by atoms with Gasteiger partial charge < -0.3 is 25.0 Å². The number of carboxylic acids is 2.